The van der Waals surface area contributed by atoms with E-state index in [2.05, 4.69) is 59.0 Å². The van der Waals surface area contributed by atoms with Crippen molar-refractivity contribution in [2.45, 2.75) is 54.0 Å². The molecule has 3 heteroatoms. The lowest BCUT2D eigenvalue weighted by atomic mass is 9.85. The monoisotopic (exact) mass is 277 g/mol. The Bertz CT molecular complexity index is 403. The highest BCUT2D eigenvalue weighted by Gasteiger charge is 2.17. The van der Waals surface area contributed by atoms with Crippen LogP contribution in [0.25, 0.3) is 0 Å². The van der Waals surface area contributed by atoms with E-state index in [0.29, 0.717) is 30.2 Å². The number of rotatable bonds is 7. The van der Waals surface area contributed by atoms with Gasteiger partial charge in [-0.05, 0) is 41.4 Å². The minimum atomic E-state index is 0.424. The van der Waals surface area contributed by atoms with Crippen molar-refractivity contribution in [1.29, 1.82) is 0 Å². The molecular formula is C17H31N3. The summed E-state index contributed by atoms with van der Waals surface area (Å²) in [5.41, 5.74) is 8.05. The van der Waals surface area contributed by atoms with Crippen molar-refractivity contribution in [3.05, 3.63) is 23.4 Å². The molecule has 3 N–H and O–H groups in total. The fourth-order valence-corrected chi connectivity index (χ4v) is 2.58. The molecule has 0 spiro atoms. The van der Waals surface area contributed by atoms with Crippen LogP contribution in [0, 0.1) is 17.8 Å². The van der Waals surface area contributed by atoms with Crippen molar-refractivity contribution in [2.75, 3.05) is 11.9 Å². The van der Waals surface area contributed by atoms with Crippen molar-refractivity contribution < 1.29 is 0 Å². The van der Waals surface area contributed by atoms with Crippen molar-refractivity contribution in [1.82, 2.24) is 4.98 Å². The minimum Gasteiger partial charge on any atom is -0.370 e. The van der Waals surface area contributed by atoms with Gasteiger partial charge in [-0.25, -0.2) is 4.98 Å². The van der Waals surface area contributed by atoms with Crippen molar-refractivity contribution >= 4 is 5.82 Å². The fourth-order valence-electron chi connectivity index (χ4n) is 2.58. The number of hydrogen-bond acceptors (Lipinski definition) is 3. The highest BCUT2D eigenvalue weighted by Crippen LogP contribution is 2.22. The molecule has 0 fully saturated rings. The van der Waals surface area contributed by atoms with Crippen LogP contribution in [0.3, 0.4) is 0 Å². The van der Waals surface area contributed by atoms with Gasteiger partial charge in [-0.1, -0.05) is 41.5 Å². The van der Waals surface area contributed by atoms with Gasteiger partial charge in [-0.15, -0.1) is 0 Å². The van der Waals surface area contributed by atoms with Gasteiger partial charge in [0.2, 0.25) is 0 Å². The van der Waals surface area contributed by atoms with Crippen LogP contribution >= 0.6 is 0 Å². The predicted molar refractivity (Wildman–Crippen MR) is 87.9 cm³/mol. The van der Waals surface area contributed by atoms with Gasteiger partial charge in [0.15, 0.2) is 0 Å². The molecule has 0 saturated carbocycles. The molecule has 0 amide bonds. The van der Waals surface area contributed by atoms with Crippen LogP contribution in [0.1, 0.15) is 58.7 Å². The maximum atomic E-state index is 5.78. The molecule has 0 aromatic carbocycles. The average molecular weight is 277 g/mol. The number of hydrogen-bond donors (Lipinski definition) is 2. The summed E-state index contributed by atoms with van der Waals surface area (Å²) in [5, 5.41) is 3.51. The third kappa shape index (κ3) is 4.78. The molecule has 0 aliphatic rings. The first-order valence-electron chi connectivity index (χ1n) is 7.79. The van der Waals surface area contributed by atoms with Crippen LogP contribution in [-0.2, 0) is 6.54 Å². The summed E-state index contributed by atoms with van der Waals surface area (Å²) < 4.78 is 0. The first-order chi connectivity index (χ1) is 9.35. The summed E-state index contributed by atoms with van der Waals surface area (Å²) in [6.45, 7) is 15.0. The Morgan fingerprint density at radius 3 is 2.10 bits per heavy atom. The summed E-state index contributed by atoms with van der Waals surface area (Å²) >= 11 is 0. The number of nitrogens with two attached hydrogens (primary N) is 1. The van der Waals surface area contributed by atoms with Gasteiger partial charge < -0.3 is 11.1 Å². The summed E-state index contributed by atoms with van der Waals surface area (Å²) in [5.74, 6) is 3.38. The van der Waals surface area contributed by atoms with Gasteiger partial charge in [0.25, 0.3) is 0 Å². The Balaban J connectivity index is 2.83. The van der Waals surface area contributed by atoms with Gasteiger partial charge in [-0.2, -0.15) is 0 Å². The van der Waals surface area contributed by atoms with Gasteiger partial charge >= 0.3 is 0 Å². The number of anilines is 1. The molecule has 114 valence electrons. The summed E-state index contributed by atoms with van der Waals surface area (Å²) in [7, 11) is 0. The standard InChI is InChI=1S/C17H31N3/c1-11(2)15(12(3)4)10-19-17-8-14(9-18)7-16(20-17)13(5)6/h7-8,11-13,15H,9-10,18H2,1-6H3,(H,19,20). The SMILES string of the molecule is CC(C)c1cc(CN)cc(NCC(C(C)C)C(C)C)n1. The molecule has 0 saturated heterocycles. The number of nitrogens with zero attached hydrogens (tertiary/aromatic N) is 1. The normalized spacial score (nSPS) is 11.9. The lowest BCUT2D eigenvalue weighted by molar-refractivity contribution is 0.304. The highest BCUT2D eigenvalue weighted by atomic mass is 15.0. The van der Waals surface area contributed by atoms with E-state index in [9.17, 15) is 0 Å². The summed E-state index contributed by atoms with van der Waals surface area (Å²) in [6, 6.07) is 4.18. The lowest BCUT2D eigenvalue weighted by Crippen LogP contribution is -2.25. The molecule has 20 heavy (non-hydrogen) atoms. The Hall–Kier alpha value is -1.09. The molecular weight excluding hydrogens is 246 g/mol. The van der Waals surface area contributed by atoms with Gasteiger partial charge in [0.05, 0.1) is 0 Å². The Kier molecular flexibility index (Phi) is 6.47. The van der Waals surface area contributed by atoms with Crippen LogP contribution in [0.4, 0.5) is 5.82 Å². The largest absolute Gasteiger partial charge is 0.370 e. The van der Waals surface area contributed by atoms with Crippen LogP contribution in [0.5, 0.6) is 0 Å². The van der Waals surface area contributed by atoms with Crippen LogP contribution in [0.2, 0.25) is 0 Å². The minimum absolute atomic E-state index is 0.424. The lowest BCUT2D eigenvalue weighted by Gasteiger charge is -2.25. The number of pyridine rings is 1. The van der Waals surface area contributed by atoms with Crippen molar-refractivity contribution in [2.24, 2.45) is 23.5 Å². The zero-order valence-electron chi connectivity index (χ0n) is 13.9. The van der Waals surface area contributed by atoms with Crippen LogP contribution in [0.15, 0.2) is 12.1 Å². The third-order valence-corrected chi connectivity index (χ3v) is 3.96. The Morgan fingerprint density at radius 1 is 1.05 bits per heavy atom. The molecule has 0 unspecified atom stereocenters. The second-order valence-electron chi connectivity index (χ2n) is 6.68. The van der Waals surface area contributed by atoms with Crippen molar-refractivity contribution in [3.8, 4) is 0 Å². The number of nitrogens with one attached hydrogen (secondary N) is 1. The quantitative estimate of drug-likeness (QED) is 0.792. The molecule has 1 aromatic rings. The molecule has 1 aromatic heterocycles. The van der Waals surface area contributed by atoms with E-state index in [1.54, 1.807) is 0 Å². The first kappa shape index (κ1) is 17.0. The maximum absolute atomic E-state index is 5.78. The van der Waals surface area contributed by atoms with Gasteiger partial charge in [-0.3, -0.25) is 0 Å². The second kappa shape index (κ2) is 7.63. The zero-order chi connectivity index (χ0) is 15.3. The molecule has 0 aliphatic heterocycles. The molecule has 0 bridgehead atoms. The van der Waals surface area contributed by atoms with E-state index in [4.69, 9.17) is 10.7 Å². The molecule has 0 aliphatic carbocycles. The van der Waals surface area contributed by atoms with E-state index in [1.165, 1.54) is 0 Å². The van der Waals surface area contributed by atoms with Crippen LogP contribution < -0.4 is 11.1 Å². The topological polar surface area (TPSA) is 50.9 Å². The molecule has 0 atom stereocenters. The van der Waals surface area contributed by atoms with E-state index in [-0.39, 0.29) is 0 Å². The Labute approximate surface area is 124 Å². The molecule has 3 nitrogen and oxygen atoms in total. The summed E-state index contributed by atoms with van der Waals surface area (Å²) in [4.78, 5) is 4.70. The first-order valence-corrected chi connectivity index (χ1v) is 7.79. The zero-order valence-corrected chi connectivity index (χ0v) is 13.9. The molecule has 0 radical (unpaired) electrons. The molecule has 1 rings (SSSR count). The fraction of sp³-hybridized carbons (Fsp3) is 0.706. The van der Waals surface area contributed by atoms with Gasteiger partial charge in [0, 0.05) is 18.8 Å². The Morgan fingerprint density at radius 2 is 1.65 bits per heavy atom. The van der Waals surface area contributed by atoms with Crippen LogP contribution in [-0.4, -0.2) is 11.5 Å². The third-order valence-electron chi connectivity index (χ3n) is 3.96. The predicted octanol–water partition coefficient (Wildman–Crippen LogP) is 4.00. The van der Waals surface area contributed by atoms with E-state index in [1.807, 2.05) is 0 Å². The van der Waals surface area contributed by atoms with E-state index >= 15 is 0 Å². The smallest absolute Gasteiger partial charge is 0.126 e. The molecule has 1 heterocycles. The number of aromatic nitrogens is 1. The highest BCUT2D eigenvalue weighted by molar-refractivity contribution is 5.40. The van der Waals surface area contributed by atoms with E-state index < -0.39 is 0 Å². The average Bonchev–Trinajstić information content (AvgIpc) is 2.37. The van der Waals surface area contributed by atoms with E-state index in [0.717, 1.165) is 23.6 Å². The second-order valence-corrected chi connectivity index (χ2v) is 6.68. The summed E-state index contributed by atoms with van der Waals surface area (Å²) in [6.07, 6.45) is 0. The maximum Gasteiger partial charge on any atom is 0.126 e. The van der Waals surface area contributed by atoms with Crippen molar-refractivity contribution in [3.63, 3.8) is 0 Å². The van der Waals surface area contributed by atoms with Gasteiger partial charge in [0.1, 0.15) is 5.82 Å².